The zero-order valence-corrected chi connectivity index (χ0v) is 10.5. The maximum atomic E-state index is 10.7. The van der Waals surface area contributed by atoms with Gasteiger partial charge < -0.3 is 15.6 Å². The number of nitrogens with two attached hydrogens (primary N) is 1. The summed E-state index contributed by atoms with van der Waals surface area (Å²) in [5.74, 6) is -0.973. The Morgan fingerprint density at radius 1 is 1.25 bits per heavy atom. The number of aliphatic carboxylic acids is 1. The van der Waals surface area contributed by atoms with Crippen molar-refractivity contribution in [1.29, 1.82) is 0 Å². The van der Waals surface area contributed by atoms with Crippen LogP contribution in [-0.4, -0.2) is 29.8 Å². The molecule has 96 valence electrons. The average Bonchev–Trinajstić information content (AvgIpc) is 2.21. The Morgan fingerprint density at radius 2 is 1.88 bits per heavy atom. The number of rotatable bonds is 10. The lowest BCUT2D eigenvalue weighted by atomic mass is 10.0. The van der Waals surface area contributed by atoms with Crippen molar-refractivity contribution in [1.82, 2.24) is 0 Å². The SMILES string of the molecule is CCCCCCCOCCC(C)(N)C(=O)O. The average molecular weight is 231 g/mol. The fourth-order valence-corrected chi connectivity index (χ4v) is 1.30. The van der Waals surface area contributed by atoms with Crippen LogP contribution in [0.1, 0.15) is 52.4 Å². The largest absolute Gasteiger partial charge is 0.480 e. The van der Waals surface area contributed by atoms with E-state index in [0.29, 0.717) is 19.6 Å². The van der Waals surface area contributed by atoms with E-state index < -0.39 is 11.5 Å². The van der Waals surface area contributed by atoms with Crippen molar-refractivity contribution in [2.45, 2.75) is 57.9 Å². The minimum absolute atomic E-state index is 0.358. The summed E-state index contributed by atoms with van der Waals surface area (Å²) in [4.78, 5) is 10.7. The molecule has 0 radical (unpaired) electrons. The molecule has 0 heterocycles. The number of carbonyl (C=O) groups is 1. The lowest BCUT2D eigenvalue weighted by Gasteiger charge is -2.18. The van der Waals surface area contributed by atoms with E-state index in [1.165, 1.54) is 32.6 Å². The molecule has 0 aromatic rings. The van der Waals surface area contributed by atoms with Crippen LogP contribution in [0.4, 0.5) is 0 Å². The maximum absolute atomic E-state index is 10.7. The van der Waals surface area contributed by atoms with Crippen molar-refractivity contribution >= 4 is 5.97 Å². The van der Waals surface area contributed by atoms with Gasteiger partial charge in [0.1, 0.15) is 5.54 Å². The van der Waals surface area contributed by atoms with Crippen LogP contribution < -0.4 is 5.73 Å². The van der Waals surface area contributed by atoms with Crippen molar-refractivity contribution < 1.29 is 14.6 Å². The summed E-state index contributed by atoms with van der Waals surface area (Å²) in [6.45, 7) is 4.83. The van der Waals surface area contributed by atoms with Crippen LogP contribution in [0.15, 0.2) is 0 Å². The van der Waals surface area contributed by atoms with Crippen molar-refractivity contribution in [2.75, 3.05) is 13.2 Å². The molecule has 0 spiro atoms. The molecule has 4 nitrogen and oxygen atoms in total. The number of carboxylic acids is 1. The van der Waals surface area contributed by atoms with Crippen LogP contribution in [-0.2, 0) is 9.53 Å². The van der Waals surface area contributed by atoms with Crippen LogP contribution >= 0.6 is 0 Å². The normalized spacial score (nSPS) is 14.7. The molecule has 0 amide bonds. The van der Waals surface area contributed by atoms with Gasteiger partial charge in [-0.1, -0.05) is 32.6 Å². The molecule has 0 aromatic heterocycles. The monoisotopic (exact) mass is 231 g/mol. The van der Waals surface area contributed by atoms with Crippen molar-refractivity contribution in [3.8, 4) is 0 Å². The van der Waals surface area contributed by atoms with Gasteiger partial charge in [-0.05, 0) is 19.8 Å². The van der Waals surface area contributed by atoms with Crippen LogP contribution in [0.5, 0.6) is 0 Å². The molecule has 1 atom stereocenters. The summed E-state index contributed by atoms with van der Waals surface area (Å²) in [7, 11) is 0. The molecular formula is C12H25NO3. The van der Waals surface area contributed by atoms with Crippen molar-refractivity contribution in [3.05, 3.63) is 0 Å². The molecule has 0 aliphatic heterocycles. The topological polar surface area (TPSA) is 72.5 Å². The van der Waals surface area contributed by atoms with E-state index in [9.17, 15) is 4.79 Å². The first-order valence-electron chi connectivity index (χ1n) is 6.10. The highest BCUT2D eigenvalue weighted by Crippen LogP contribution is 2.07. The second-order valence-electron chi connectivity index (χ2n) is 4.50. The van der Waals surface area contributed by atoms with Gasteiger partial charge in [0, 0.05) is 13.2 Å². The van der Waals surface area contributed by atoms with E-state index in [-0.39, 0.29) is 0 Å². The summed E-state index contributed by atoms with van der Waals surface area (Å²) in [6, 6.07) is 0. The molecule has 0 rings (SSSR count). The molecule has 0 aliphatic carbocycles. The number of carboxylic acid groups (broad SMARTS) is 1. The van der Waals surface area contributed by atoms with Crippen LogP contribution in [0.25, 0.3) is 0 Å². The summed E-state index contributed by atoms with van der Waals surface area (Å²) in [6.07, 6.45) is 6.37. The number of hydrogen-bond donors (Lipinski definition) is 2. The van der Waals surface area contributed by atoms with Gasteiger partial charge in [0.05, 0.1) is 0 Å². The van der Waals surface area contributed by atoms with E-state index in [0.717, 1.165) is 6.42 Å². The lowest BCUT2D eigenvalue weighted by Crippen LogP contribution is -2.45. The van der Waals surface area contributed by atoms with E-state index in [1.54, 1.807) is 0 Å². The maximum Gasteiger partial charge on any atom is 0.323 e. The van der Waals surface area contributed by atoms with Crippen LogP contribution in [0, 0.1) is 0 Å². The first-order valence-corrected chi connectivity index (χ1v) is 6.10. The fraction of sp³-hybridized carbons (Fsp3) is 0.917. The smallest absolute Gasteiger partial charge is 0.323 e. The van der Waals surface area contributed by atoms with Gasteiger partial charge in [-0.25, -0.2) is 0 Å². The molecule has 4 heteroatoms. The van der Waals surface area contributed by atoms with Gasteiger partial charge in [-0.3, -0.25) is 4.79 Å². The molecule has 1 unspecified atom stereocenters. The molecule has 0 saturated carbocycles. The van der Waals surface area contributed by atoms with Gasteiger partial charge in [-0.2, -0.15) is 0 Å². The third-order valence-corrected chi connectivity index (χ3v) is 2.65. The summed E-state index contributed by atoms with van der Waals surface area (Å²) in [5.41, 5.74) is 4.40. The van der Waals surface area contributed by atoms with Gasteiger partial charge in [0.2, 0.25) is 0 Å². The second kappa shape index (κ2) is 8.53. The van der Waals surface area contributed by atoms with Crippen LogP contribution in [0.3, 0.4) is 0 Å². The Kier molecular flexibility index (Phi) is 8.21. The molecule has 3 N–H and O–H groups in total. The standard InChI is InChI=1S/C12H25NO3/c1-3-4-5-6-7-9-16-10-8-12(2,13)11(14)15/h3-10,13H2,1-2H3,(H,14,15). The summed E-state index contributed by atoms with van der Waals surface area (Å²) in [5, 5.41) is 8.76. The number of hydrogen-bond acceptors (Lipinski definition) is 3. The van der Waals surface area contributed by atoms with Gasteiger partial charge in [0.15, 0.2) is 0 Å². The Labute approximate surface area is 98.2 Å². The zero-order valence-electron chi connectivity index (χ0n) is 10.5. The third kappa shape index (κ3) is 7.65. The van der Waals surface area contributed by atoms with E-state index in [2.05, 4.69) is 6.92 Å². The third-order valence-electron chi connectivity index (χ3n) is 2.65. The highest BCUT2D eigenvalue weighted by atomic mass is 16.5. The highest BCUT2D eigenvalue weighted by Gasteiger charge is 2.27. The summed E-state index contributed by atoms with van der Waals surface area (Å²) >= 11 is 0. The van der Waals surface area contributed by atoms with Crippen molar-refractivity contribution in [3.63, 3.8) is 0 Å². The van der Waals surface area contributed by atoms with Gasteiger partial charge in [-0.15, -0.1) is 0 Å². The van der Waals surface area contributed by atoms with E-state index in [1.807, 2.05) is 0 Å². The van der Waals surface area contributed by atoms with E-state index >= 15 is 0 Å². The molecule has 0 aliphatic rings. The molecule has 0 saturated heterocycles. The molecule has 16 heavy (non-hydrogen) atoms. The van der Waals surface area contributed by atoms with Gasteiger partial charge in [0.25, 0.3) is 0 Å². The van der Waals surface area contributed by atoms with Gasteiger partial charge >= 0.3 is 5.97 Å². The Balaban J connectivity index is 3.30. The molecular weight excluding hydrogens is 206 g/mol. The van der Waals surface area contributed by atoms with Crippen molar-refractivity contribution in [2.24, 2.45) is 5.73 Å². The first-order chi connectivity index (χ1) is 7.50. The Morgan fingerprint density at radius 3 is 2.44 bits per heavy atom. The number of unbranched alkanes of at least 4 members (excludes halogenated alkanes) is 4. The Hall–Kier alpha value is -0.610. The predicted molar refractivity (Wildman–Crippen MR) is 64.4 cm³/mol. The highest BCUT2D eigenvalue weighted by molar-refractivity contribution is 5.77. The van der Waals surface area contributed by atoms with E-state index in [4.69, 9.17) is 15.6 Å². The molecule has 0 fully saturated rings. The quantitative estimate of drug-likeness (QED) is 0.565. The number of ether oxygens (including phenoxy) is 1. The molecule has 0 bridgehead atoms. The van der Waals surface area contributed by atoms with Crippen LogP contribution in [0.2, 0.25) is 0 Å². The second-order valence-corrected chi connectivity index (χ2v) is 4.50. The fourth-order valence-electron chi connectivity index (χ4n) is 1.30. The lowest BCUT2D eigenvalue weighted by molar-refractivity contribution is -0.143. The zero-order chi connectivity index (χ0) is 12.4. The Bertz CT molecular complexity index is 193. The first kappa shape index (κ1) is 15.4. The molecule has 0 aromatic carbocycles. The summed E-state index contributed by atoms with van der Waals surface area (Å²) < 4.78 is 5.36. The minimum Gasteiger partial charge on any atom is -0.480 e. The minimum atomic E-state index is -1.16. The predicted octanol–water partition coefficient (Wildman–Crippen LogP) is 2.17.